The highest BCUT2D eigenvalue weighted by molar-refractivity contribution is 6.31. The van der Waals surface area contributed by atoms with Crippen LogP contribution in [0.2, 0.25) is 5.02 Å². The fraction of sp³-hybridized carbons (Fsp3) is 0.381. The molecule has 0 saturated carbocycles. The molecule has 2 rings (SSSR count). The first-order chi connectivity index (χ1) is 12.5. The minimum absolute atomic E-state index is 0.0132. The van der Waals surface area contributed by atoms with E-state index in [0.717, 1.165) is 17.7 Å². The molecule has 0 aliphatic rings. The van der Waals surface area contributed by atoms with Gasteiger partial charge in [-0.1, -0.05) is 54.1 Å². The first kappa shape index (κ1) is 20.4. The number of halogens is 1. The van der Waals surface area contributed by atoms with E-state index in [1.165, 1.54) is 5.56 Å². The lowest BCUT2D eigenvalue weighted by atomic mass is 10.1. The van der Waals surface area contributed by atoms with Crippen LogP contribution in [0, 0.1) is 0 Å². The zero-order chi connectivity index (χ0) is 18.9. The highest BCUT2D eigenvalue weighted by Gasteiger charge is 2.09. The molecule has 4 nitrogen and oxygen atoms in total. The van der Waals surface area contributed by atoms with Crippen molar-refractivity contribution in [3.05, 3.63) is 70.2 Å². The van der Waals surface area contributed by atoms with Crippen LogP contribution in [-0.2, 0) is 29.2 Å². The summed E-state index contributed by atoms with van der Waals surface area (Å²) in [5.41, 5.74) is 3.23. The van der Waals surface area contributed by atoms with Crippen molar-refractivity contribution in [3.8, 4) is 0 Å². The molecule has 2 aromatic carbocycles. The average molecular weight is 375 g/mol. The predicted molar refractivity (Wildman–Crippen MR) is 106 cm³/mol. The minimum Gasteiger partial charge on any atom is -0.367 e. The van der Waals surface area contributed by atoms with Crippen molar-refractivity contribution in [2.24, 2.45) is 0 Å². The van der Waals surface area contributed by atoms with Crippen molar-refractivity contribution in [1.82, 2.24) is 10.2 Å². The van der Waals surface area contributed by atoms with Crippen LogP contribution < -0.4 is 5.32 Å². The number of nitrogens with one attached hydrogen (secondary N) is 1. The SMILES string of the molecule is CC(C)N(C)Cc1ccccc1CNC(=O)COCc1ccccc1Cl. The van der Waals surface area contributed by atoms with Crippen molar-refractivity contribution < 1.29 is 9.53 Å². The zero-order valence-electron chi connectivity index (χ0n) is 15.7. The molecule has 0 spiro atoms. The van der Waals surface area contributed by atoms with Gasteiger partial charge in [0, 0.05) is 24.2 Å². The van der Waals surface area contributed by atoms with Crippen LogP contribution in [-0.4, -0.2) is 30.5 Å². The van der Waals surface area contributed by atoms with Gasteiger partial charge < -0.3 is 10.1 Å². The van der Waals surface area contributed by atoms with Gasteiger partial charge in [-0.05, 0) is 43.7 Å². The van der Waals surface area contributed by atoms with Gasteiger partial charge >= 0.3 is 0 Å². The fourth-order valence-corrected chi connectivity index (χ4v) is 2.64. The summed E-state index contributed by atoms with van der Waals surface area (Å²) < 4.78 is 5.47. The second-order valence-electron chi connectivity index (χ2n) is 6.64. The molecule has 0 aromatic heterocycles. The lowest BCUT2D eigenvalue weighted by molar-refractivity contribution is -0.126. The summed E-state index contributed by atoms with van der Waals surface area (Å²) in [7, 11) is 2.10. The number of nitrogens with zero attached hydrogens (tertiary/aromatic N) is 1. The Morgan fingerprint density at radius 2 is 1.69 bits per heavy atom. The van der Waals surface area contributed by atoms with E-state index in [9.17, 15) is 4.79 Å². The Morgan fingerprint density at radius 1 is 1.08 bits per heavy atom. The lowest BCUT2D eigenvalue weighted by Crippen LogP contribution is -2.29. The molecule has 0 unspecified atom stereocenters. The van der Waals surface area contributed by atoms with Crippen LogP contribution >= 0.6 is 11.6 Å². The van der Waals surface area contributed by atoms with Crippen molar-refractivity contribution in [2.45, 2.75) is 39.6 Å². The molecule has 0 bridgehead atoms. The summed E-state index contributed by atoms with van der Waals surface area (Å²) in [6, 6.07) is 16.1. The highest BCUT2D eigenvalue weighted by Crippen LogP contribution is 2.15. The molecule has 5 heteroatoms. The summed E-state index contributed by atoms with van der Waals surface area (Å²) in [6.45, 7) is 6.02. The van der Waals surface area contributed by atoms with E-state index >= 15 is 0 Å². The molecule has 1 N–H and O–H groups in total. The molecular formula is C21H27ClN2O2. The van der Waals surface area contributed by atoms with Gasteiger partial charge in [-0.15, -0.1) is 0 Å². The largest absolute Gasteiger partial charge is 0.367 e. The summed E-state index contributed by atoms with van der Waals surface area (Å²) in [5, 5.41) is 3.58. The highest BCUT2D eigenvalue weighted by atomic mass is 35.5. The van der Waals surface area contributed by atoms with Gasteiger partial charge in [0.15, 0.2) is 0 Å². The Bertz CT molecular complexity index is 719. The average Bonchev–Trinajstić information content (AvgIpc) is 2.62. The van der Waals surface area contributed by atoms with E-state index in [4.69, 9.17) is 16.3 Å². The van der Waals surface area contributed by atoms with Gasteiger partial charge in [-0.3, -0.25) is 9.69 Å². The third kappa shape index (κ3) is 6.45. The molecule has 26 heavy (non-hydrogen) atoms. The first-order valence-electron chi connectivity index (χ1n) is 8.82. The molecule has 1 amide bonds. The maximum Gasteiger partial charge on any atom is 0.246 e. The maximum absolute atomic E-state index is 12.1. The number of hydrogen-bond acceptors (Lipinski definition) is 3. The topological polar surface area (TPSA) is 41.6 Å². The summed E-state index contributed by atoms with van der Waals surface area (Å²) in [4.78, 5) is 14.3. The molecule has 0 radical (unpaired) electrons. The van der Waals surface area contributed by atoms with E-state index < -0.39 is 0 Å². The third-order valence-electron chi connectivity index (χ3n) is 4.34. The standard InChI is InChI=1S/C21H27ClN2O2/c1-16(2)24(3)13-18-9-5-4-8-17(18)12-23-21(25)15-26-14-19-10-6-7-11-20(19)22/h4-11,16H,12-15H2,1-3H3,(H,23,25). The molecule has 0 atom stereocenters. The number of carbonyl (C=O) groups excluding carboxylic acids is 1. The zero-order valence-corrected chi connectivity index (χ0v) is 16.4. The van der Waals surface area contributed by atoms with E-state index in [1.807, 2.05) is 42.5 Å². The number of rotatable bonds is 9. The van der Waals surface area contributed by atoms with Gasteiger partial charge in [-0.2, -0.15) is 0 Å². The molecule has 0 aliphatic heterocycles. The molecule has 0 saturated heterocycles. The predicted octanol–water partition coefficient (Wildman–Crippen LogP) is 4.01. The second kappa shape index (κ2) is 10.3. The van der Waals surface area contributed by atoms with Gasteiger partial charge in [-0.25, -0.2) is 0 Å². The van der Waals surface area contributed by atoms with Crippen molar-refractivity contribution in [1.29, 1.82) is 0 Å². The van der Waals surface area contributed by atoms with Crippen LogP contribution in [0.15, 0.2) is 48.5 Å². The van der Waals surface area contributed by atoms with Crippen LogP contribution in [0.5, 0.6) is 0 Å². The van der Waals surface area contributed by atoms with Crippen molar-refractivity contribution in [3.63, 3.8) is 0 Å². The molecular weight excluding hydrogens is 348 g/mol. The molecule has 0 fully saturated rings. The Balaban J connectivity index is 1.81. The second-order valence-corrected chi connectivity index (χ2v) is 7.05. The van der Waals surface area contributed by atoms with Crippen LogP contribution in [0.4, 0.5) is 0 Å². The van der Waals surface area contributed by atoms with E-state index in [2.05, 4.69) is 37.2 Å². The fourth-order valence-electron chi connectivity index (χ4n) is 2.45. The third-order valence-corrected chi connectivity index (χ3v) is 4.71. The quantitative estimate of drug-likeness (QED) is 0.721. The molecule has 2 aromatic rings. The number of hydrogen-bond donors (Lipinski definition) is 1. The maximum atomic E-state index is 12.1. The van der Waals surface area contributed by atoms with E-state index in [0.29, 0.717) is 24.2 Å². The Labute approximate surface area is 161 Å². The summed E-state index contributed by atoms with van der Waals surface area (Å²) in [5.74, 6) is -0.135. The molecule has 140 valence electrons. The summed E-state index contributed by atoms with van der Waals surface area (Å²) >= 11 is 6.08. The Morgan fingerprint density at radius 3 is 2.35 bits per heavy atom. The number of carbonyl (C=O) groups is 1. The van der Waals surface area contributed by atoms with Gasteiger partial charge in [0.2, 0.25) is 5.91 Å². The van der Waals surface area contributed by atoms with Crippen molar-refractivity contribution >= 4 is 17.5 Å². The van der Waals surface area contributed by atoms with E-state index in [-0.39, 0.29) is 12.5 Å². The number of benzene rings is 2. The summed E-state index contributed by atoms with van der Waals surface area (Å²) in [6.07, 6.45) is 0. The Hall–Kier alpha value is -1.88. The smallest absolute Gasteiger partial charge is 0.246 e. The first-order valence-corrected chi connectivity index (χ1v) is 9.20. The van der Waals surface area contributed by atoms with E-state index in [1.54, 1.807) is 0 Å². The monoisotopic (exact) mass is 374 g/mol. The minimum atomic E-state index is -0.135. The van der Waals surface area contributed by atoms with Crippen molar-refractivity contribution in [2.75, 3.05) is 13.7 Å². The van der Waals surface area contributed by atoms with Crippen LogP contribution in [0.1, 0.15) is 30.5 Å². The van der Waals surface area contributed by atoms with Crippen LogP contribution in [0.25, 0.3) is 0 Å². The normalized spacial score (nSPS) is 11.2. The van der Waals surface area contributed by atoms with Gasteiger partial charge in [0.25, 0.3) is 0 Å². The molecule has 0 aliphatic carbocycles. The molecule has 0 heterocycles. The number of ether oxygens (including phenoxy) is 1. The van der Waals surface area contributed by atoms with Gasteiger partial charge in [0.1, 0.15) is 6.61 Å². The Kier molecular flexibility index (Phi) is 8.10. The number of amides is 1. The van der Waals surface area contributed by atoms with Crippen LogP contribution in [0.3, 0.4) is 0 Å². The van der Waals surface area contributed by atoms with Gasteiger partial charge in [0.05, 0.1) is 6.61 Å². The lowest BCUT2D eigenvalue weighted by Gasteiger charge is -2.22.